The molecule has 0 N–H and O–H groups in total. The zero-order chi connectivity index (χ0) is 29.1. The minimum atomic E-state index is -0.530. The van der Waals surface area contributed by atoms with Crippen LogP contribution in [0.15, 0.2) is 48.5 Å². The summed E-state index contributed by atoms with van der Waals surface area (Å²) in [5, 5.41) is 0. The first-order valence-electron chi connectivity index (χ1n) is 13.6. The zero-order valence-electron chi connectivity index (χ0n) is 23.6. The Morgan fingerprint density at radius 1 is 0.650 bits per heavy atom. The lowest BCUT2D eigenvalue weighted by molar-refractivity contribution is -0.132. The van der Waals surface area contributed by atoms with E-state index < -0.39 is 23.9 Å². The van der Waals surface area contributed by atoms with Crippen LogP contribution in [0.25, 0.3) is 0 Å². The zero-order valence-corrected chi connectivity index (χ0v) is 23.6. The Morgan fingerprint density at radius 2 is 1.00 bits per heavy atom. The summed E-state index contributed by atoms with van der Waals surface area (Å²) in [6, 6.07) is 13.1. The number of hydrogen-bond acceptors (Lipinski definition) is 10. The maximum absolute atomic E-state index is 12.7. The third kappa shape index (κ3) is 8.62. The molecule has 0 bridgehead atoms. The first-order chi connectivity index (χ1) is 19.2. The summed E-state index contributed by atoms with van der Waals surface area (Å²) in [5.41, 5.74) is 0.432. The average molecular weight is 555 g/mol. The maximum Gasteiger partial charge on any atom is 0.342 e. The molecular formula is C30H38N2O8. The largest absolute Gasteiger partial charge is 0.460 e. The van der Waals surface area contributed by atoms with Crippen LogP contribution < -0.4 is 9.47 Å². The van der Waals surface area contributed by atoms with Crippen LogP contribution >= 0.6 is 0 Å². The van der Waals surface area contributed by atoms with Crippen LogP contribution in [0.5, 0.6) is 11.5 Å². The monoisotopic (exact) mass is 554 g/mol. The molecular weight excluding hydrogens is 516 g/mol. The summed E-state index contributed by atoms with van der Waals surface area (Å²) in [7, 11) is 0. The molecule has 216 valence electrons. The normalized spacial score (nSPS) is 15.5. The lowest BCUT2D eigenvalue weighted by Crippen LogP contribution is -2.54. The lowest BCUT2D eigenvalue weighted by Gasteiger charge is -2.41. The van der Waals surface area contributed by atoms with Crippen molar-refractivity contribution in [3.8, 4) is 11.5 Å². The Labute approximate surface area is 235 Å². The summed E-state index contributed by atoms with van der Waals surface area (Å²) < 4.78 is 21.5. The maximum atomic E-state index is 12.7. The molecule has 0 radical (unpaired) electrons. The third-order valence-electron chi connectivity index (χ3n) is 6.86. The fourth-order valence-electron chi connectivity index (χ4n) is 4.69. The predicted octanol–water partition coefficient (Wildman–Crippen LogP) is 3.73. The van der Waals surface area contributed by atoms with Gasteiger partial charge in [0.1, 0.15) is 35.8 Å². The Morgan fingerprint density at radius 3 is 1.32 bits per heavy atom. The van der Waals surface area contributed by atoms with Crippen LogP contribution in [0.2, 0.25) is 0 Å². The Balaban J connectivity index is 1.51. The smallest absolute Gasteiger partial charge is 0.342 e. The number of piperazine rings is 1. The molecule has 1 aliphatic rings. The predicted molar refractivity (Wildman–Crippen MR) is 147 cm³/mol. The number of rotatable bonds is 12. The van der Waals surface area contributed by atoms with Crippen LogP contribution in [0.1, 0.15) is 61.3 Å². The van der Waals surface area contributed by atoms with Gasteiger partial charge in [0, 0.05) is 52.1 Å². The van der Waals surface area contributed by atoms with E-state index in [1.54, 1.807) is 48.5 Å². The van der Waals surface area contributed by atoms with Gasteiger partial charge in [-0.2, -0.15) is 0 Å². The molecule has 1 aliphatic heterocycles. The van der Waals surface area contributed by atoms with E-state index in [9.17, 15) is 19.2 Å². The molecule has 0 saturated carbocycles. The fraction of sp³-hybridized carbons (Fsp3) is 0.467. The molecule has 1 heterocycles. The molecule has 10 heteroatoms. The van der Waals surface area contributed by atoms with E-state index in [1.807, 2.05) is 0 Å². The molecule has 2 aromatic rings. The second kappa shape index (κ2) is 15.1. The van der Waals surface area contributed by atoms with Gasteiger partial charge >= 0.3 is 23.9 Å². The van der Waals surface area contributed by atoms with Gasteiger partial charge in [-0.1, -0.05) is 38.1 Å². The van der Waals surface area contributed by atoms with Crippen LogP contribution in [0.4, 0.5) is 0 Å². The van der Waals surface area contributed by atoms with Gasteiger partial charge in [-0.25, -0.2) is 9.59 Å². The van der Waals surface area contributed by atoms with Gasteiger partial charge in [0.25, 0.3) is 0 Å². The highest BCUT2D eigenvalue weighted by molar-refractivity contribution is 5.94. The second-order valence-electron chi connectivity index (χ2n) is 9.57. The van der Waals surface area contributed by atoms with E-state index in [0.29, 0.717) is 0 Å². The van der Waals surface area contributed by atoms with Crippen molar-refractivity contribution in [3.05, 3.63) is 59.7 Å². The topological polar surface area (TPSA) is 112 Å². The van der Waals surface area contributed by atoms with Gasteiger partial charge < -0.3 is 18.9 Å². The number of ether oxygens (including phenoxy) is 4. The van der Waals surface area contributed by atoms with Gasteiger partial charge in [-0.3, -0.25) is 19.4 Å². The molecule has 2 atom stereocenters. The third-order valence-corrected chi connectivity index (χ3v) is 6.86. The summed E-state index contributed by atoms with van der Waals surface area (Å²) >= 11 is 0. The van der Waals surface area contributed by atoms with Crippen molar-refractivity contribution in [2.75, 3.05) is 39.4 Å². The van der Waals surface area contributed by atoms with Crippen LogP contribution in [0, 0.1) is 0 Å². The quantitative estimate of drug-likeness (QED) is 0.284. The first-order valence-corrected chi connectivity index (χ1v) is 13.6. The van der Waals surface area contributed by atoms with E-state index in [2.05, 4.69) is 23.6 Å². The van der Waals surface area contributed by atoms with Crippen molar-refractivity contribution in [3.63, 3.8) is 0 Å². The molecule has 2 aromatic carbocycles. The molecule has 0 amide bonds. The van der Waals surface area contributed by atoms with Crippen molar-refractivity contribution in [1.82, 2.24) is 9.80 Å². The van der Waals surface area contributed by atoms with Gasteiger partial charge in [-0.05, 0) is 37.1 Å². The molecule has 0 aliphatic carbocycles. The number of nitrogens with zero attached hydrogens (tertiary/aromatic N) is 2. The van der Waals surface area contributed by atoms with Crippen molar-refractivity contribution in [2.45, 2.75) is 52.6 Å². The summed E-state index contributed by atoms with van der Waals surface area (Å²) in [6.07, 6.45) is 1.60. The van der Waals surface area contributed by atoms with E-state index in [-0.39, 0.29) is 47.9 Å². The SMILES string of the molecule is CCC(COC(=O)c1ccccc1OC(C)=O)N1CCN(C(CC)COC(=O)c2ccccc2OC(C)=O)CC1. The molecule has 40 heavy (non-hydrogen) atoms. The standard InChI is InChI=1S/C30H38N2O8/c1-5-23(19-37-29(35)25-11-7-9-13-27(25)39-21(3)33)31-15-17-32(18-16-31)24(6-2)20-38-30(36)26-12-8-10-14-28(26)40-22(4)34/h7-14,23-24H,5-6,15-20H2,1-4H3. The number of benzene rings is 2. The number of hydrogen-bond donors (Lipinski definition) is 0. The van der Waals surface area contributed by atoms with Crippen LogP contribution in [0.3, 0.4) is 0 Å². The first kappa shape index (κ1) is 30.8. The molecule has 2 unspecified atom stereocenters. The fourth-order valence-corrected chi connectivity index (χ4v) is 4.69. The van der Waals surface area contributed by atoms with Crippen LogP contribution in [-0.4, -0.2) is 85.2 Å². The number of carbonyl (C=O) groups is 4. The van der Waals surface area contributed by atoms with Crippen molar-refractivity contribution in [1.29, 1.82) is 0 Å². The Bertz CT molecular complexity index is 1080. The molecule has 3 rings (SSSR count). The molecule has 0 aromatic heterocycles. The van der Waals surface area contributed by atoms with Crippen molar-refractivity contribution >= 4 is 23.9 Å². The van der Waals surface area contributed by atoms with Crippen molar-refractivity contribution in [2.24, 2.45) is 0 Å². The van der Waals surface area contributed by atoms with E-state index >= 15 is 0 Å². The van der Waals surface area contributed by atoms with Gasteiger partial charge in [-0.15, -0.1) is 0 Å². The minimum Gasteiger partial charge on any atom is -0.460 e. The lowest BCUT2D eigenvalue weighted by atomic mass is 10.1. The minimum absolute atomic E-state index is 0.0441. The number of para-hydroxylation sites is 2. The summed E-state index contributed by atoms with van der Waals surface area (Å²) in [4.78, 5) is 52.8. The van der Waals surface area contributed by atoms with Gasteiger partial charge in [0.2, 0.25) is 0 Å². The molecule has 0 spiro atoms. The van der Waals surface area contributed by atoms with Crippen molar-refractivity contribution < 1.29 is 38.1 Å². The highest BCUT2D eigenvalue weighted by Crippen LogP contribution is 2.22. The molecule has 10 nitrogen and oxygen atoms in total. The average Bonchev–Trinajstić information content (AvgIpc) is 2.94. The molecule has 1 saturated heterocycles. The van der Waals surface area contributed by atoms with Crippen LogP contribution in [-0.2, 0) is 19.1 Å². The summed E-state index contributed by atoms with van der Waals surface area (Å²) in [6.45, 7) is 10.2. The highest BCUT2D eigenvalue weighted by atomic mass is 16.6. The Kier molecular flexibility index (Phi) is 11.6. The van der Waals surface area contributed by atoms with E-state index in [1.165, 1.54) is 13.8 Å². The number of esters is 4. The van der Waals surface area contributed by atoms with E-state index in [0.717, 1.165) is 39.0 Å². The molecule has 1 fully saturated rings. The second-order valence-corrected chi connectivity index (χ2v) is 9.57. The van der Waals surface area contributed by atoms with Gasteiger partial charge in [0.15, 0.2) is 0 Å². The summed E-state index contributed by atoms with van der Waals surface area (Å²) in [5.74, 6) is -1.70. The van der Waals surface area contributed by atoms with Gasteiger partial charge in [0.05, 0.1) is 0 Å². The highest BCUT2D eigenvalue weighted by Gasteiger charge is 2.28. The number of carbonyl (C=O) groups excluding carboxylic acids is 4. The van der Waals surface area contributed by atoms with E-state index in [4.69, 9.17) is 18.9 Å². The Hall–Kier alpha value is -3.76.